The van der Waals surface area contributed by atoms with Crippen molar-refractivity contribution in [2.24, 2.45) is 0 Å². The maximum Gasteiger partial charge on any atom is 0.331 e. The molecular formula is C43H58Cl2N2O10. The van der Waals surface area contributed by atoms with E-state index in [9.17, 15) is 9.59 Å². The fraction of sp³-hybridized carbons (Fsp3) is 0.488. The predicted octanol–water partition coefficient (Wildman–Crippen LogP) is -0.506. The molecular weight excluding hydrogens is 775 g/mol. The summed E-state index contributed by atoms with van der Waals surface area (Å²) in [6.45, 7) is 6.94. The molecule has 0 spiro atoms. The molecule has 314 valence electrons. The highest BCUT2D eigenvalue weighted by molar-refractivity contribution is 5.91. The number of carbonyl (C=O) groups excluding carboxylic acids is 2. The maximum atomic E-state index is 12.6. The first-order chi connectivity index (χ1) is 26.6. The van der Waals surface area contributed by atoms with Gasteiger partial charge in [0.15, 0.2) is 23.0 Å². The van der Waals surface area contributed by atoms with Crippen LogP contribution < -0.4 is 48.5 Å². The first kappa shape index (κ1) is 47.2. The number of likely N-dealkylation sites (N-methyl/N-ethyl adjacent to an activating group) is 1. The average molecular weight is 834 g/mol. The quantitative estimate of drug-likeness (QED) is 0.0680. The highest BCUT2D eigenvalue weighted by Crippen LogP contribution is 2.42. The first-order valence-corrected chi connectivity index (χ1v) is 19.0. The number of morpholine rings is 1. The smallest absolute Gasteiger partial charge is 0.331 e. The van der Waals surface area contributed by atoms with Crippen molar-refractivity contribution in [1.29, 1.82) is 0 Å². The molecule has 3 aromatic rings. The molecule has 0 unspecified atom stereocenters. The van der Waals surface area contributed by atoms with Crippen molar-refractivity contribution in [2.45, 2.75) is 38.3 Å². The van der Waals surface area contributed by atoms with E-state index in [1.165, 1.54) is 16.7 Å². The van der Waals surface area contributed by atoms with Crippen molar-refractivity contribution >= 4 is 11.9 Å². The van der Waals surface area contributed by atoms with Crippen molar-refractivity contribution in [3.63, 3.8) is 0 Å². The van der Waals surface area contributed by atoms with Crippen molar-refractivity contribution < 1.29 is 81.3 Å². The predicted molar refractivity (Wildman–Crippen MR) is 208 cm³/mol. The maximum absolute atomic E-state index is 12.6. The molecule has 1 fully saturated rings. The van der Waals surface area contributed by atoms with Gasteiger partial charge in [-0.15, -0.1) is 0 Å². The van der Waals surface area contributed by atoms with Gasteiger partial charge in [-0.2, -0.15) is 0 Å². The summed E-state index contributed by atoms with van der Waals surface area (Å²) in [7, 11) is 10.5. The fourth-order valence-electron chi connectivity index (χ4n) is 7.87. The summed E-state index contributed by atoms with van der Waals surface area (Å²) in [6.07, 6.45) is 5.35. The number of fused-ring (bicyclic) bond motifs is 1. The van der Waals surface area contributed by atoms with Gasteiger partial charge in [-0.3, -0.25) is 0 Å². The lowest BCUT2D eigenvalue weighted by Gasteiger charge is -2.46. The van der Waals surface area contributed by atoms with Gasteiger partial charge >= 0.3 is 11.9 Å². The zero-order chi connectivity index (χ0) is 39.3. The number of benzene rings is 3. The lowest BCUT2D eigenvalue weighted by atomic mass is 9.86. The van der Waals surface area contributed by atoms with E-state index in [0.29, 0.717) is 43.3 Å². The molecule has 0 saturated carbocycles. The third-order valence-electron chi connectivity index (χ3n) is 11.1. The zero-order valence-electron chi connectivity index (χ0n) is 34.1. The van der Waals surface area contributed by atoms with Gasteiger partial charge < -0.3 is 71.7 Å². The monoisotopic (exact) mass is 832 g/mol. The number of carbonyl (C=O) groups is 2. The van der Waals surface area contributed by atoms with Crippen molar-refractivity contribution in [3.05, 3.63) is 89.0 Å². The Morgan fingerprint density at radius 1 is 0.684 bits per heavy atom. The molecule has 57 heavy (non-hydrogen) atoms. The summed E-state index contributed by atoms with van der Waals surface area (Å²) in [5, 5.41) is 0. The number of ether oxygens (including phenoxy) is 8. The third kappa shape index (κ3) is 12.6. The average Bonchev–Trinajstić information content (AvgIpc) is 3.21. The van der Waals surface area contributed by atoms with E-state index < -0.39 is 11.9 Å². The van der Waals surface area contributed by atoms with E-state index in [-0.39, 0.29) is 44.1 Å². The number of nitrogens with zero attached hydrogens (tertiary/aromatic N) is 2. The van der Waals surface area contributed by atoms with Crippen molar-refractivity contribution in [2.75, 3.05) is 102 Å². The Labute approximate surface area is 349 Å². The summed E-state index contributed by atoms with van der Waals surface area (Å²) < 4.78 is 45.8. The van der Waals surface area contributed by atoms with Gasteiger partial charge in [0.1, 0.15) is 31.4 Å². The van der Waals surface area contributed by atoms with Crippen molar-refractivity contribution in [3.8, 4) is 28.7 Å². The van der Waals surface area contributed by atoms with Gasteiger partial charge in [0.05, 0.1) is 88.7 Å². The van der Waals surface area contributed by atoms with Gasteiger partial charge in [0.2, 0.25) is 0 Å². The Hall–Kier alpha value is -4.20. The normalized spacial score (nSPS) is 18.2. The second-order valence-electron chi connectivity index (χ2n) is 14.5. The standard InChI is InChI=1S/C43H58N2O10.2ClH/c1-44(20-17-34-29-40(51-5)41(52-6)30-36(34)37(44)27-32-9-12-35(48-2)13-10-32)18-7-23-54-42(46)15-16-43(47)55-24-8-19-45(21-25-53-26-22-45)31-33-11-14-38(49-3)39(28-33)50-4;;/h9-16,28-30,37H,7-8,17-27,31H2,1-6H3;2*1H/q+2;;/p-2/b16-15-;;/t37-,44-;;/m1../s1. The number of hydrogen-bond donors (Lipinski definition) is 0. The number of esters is 2. The van der Waals surface area contributed by atoms with E-state index in [1.54, 1.807) is 35.5 Å². The van der Waals surface area contributed by atoms with E-state index in [1.807, 2.05) is 24.3 Å². The molecule has 0 bridgehead atoms. The molecule has 5 rings (SSSR count). The van der Waals surface area contributed by atoms with Gasteiger partial charge in [0, 0.05) is 49.0 Å². The van der Waals surface area contributed by atoms with Crippen LogP contribution in [0.1, 0.15) is 41.1 Å². The van der Waals surface area contributed by atoms with E-state index in [4.69, 9.17) is 37.9 Å². The van der Waals surface area contributed by atoms with Crippen LogP contribution >= 0.6 is 0 Å². The first-order valence-electron chi connectivity index (χ1n) is 19.0. The Morgan fingerprint density at radius 3 is 1.84 bits per heavy atom. The van der Waals surface area contributed by atoms with E-state index >= 15 is 0 Å². The van der Waals surface area contributed by atoms with Gasteiger partial charge in [-0.1, -0.05) is 12.1 Å². The molecule has 0 aliphatic carbocycles. The number of quaternary nitrogens is 2. The highest BCUT2D eigenvalue weighted by atomic mass is 35.5. The molecule has 0 radical (unpaired) electrons. The molecule has 2 atom stereocenters. The number of methoxy groups -OCH3 is 5. The molecule has 14 heteroatoms. The largest absolute Gasteiger partial charge is 1.00 e. The van der Waals surface area contributed by atoms with Crippen molar-refractivity contribution in [1.82, 2.24) is 0 Å². The van der Waals surface area contributed by atoms with E-state index in [2.05, 4.69) is 37.4 Å². The highest BCUT2D eigenvalue weighted by Gasteiger charge is 2.40. The molecule has 0 aromatic heterocycles. The number of hydrogen-bond acceptors (Lipinski definition) is 10. The van der Waals surface area contributed by atoms with Crippen LogP contribution in [-0.4, -0.2) is 123 Å². The van der Waals surface area contributed by atoms with Crippen LogP contribution in [0.2, 0.25) is 0 Å². The summed E-state index contributed by atoms with van der Waals surface area (Å²) in [5.41, 5.74) is 4.84. The van der Waals surface area contributed by atoms with Crippen LogP contribution in [-0.2, 0) is 43.2 Å². The summed E-state index contributed by atoms with van der Waals surface area (Å²) in [4.78, 5) is 25.1. The third-order valence-corrected chi connectivity index (χ3v) is 11.1. The van der Waals surface area contributed by atoms with Crippen LogP contribution in [0, 0.1) is 0 Å². The minimum atomic E-state index is -0.567. The lowest BCUT2D eigenvalue weighted by molar-refractivity contribution is -0.947. The zero-order valence-corrected chi connectivity index (χ0v) is 35.6. The van der Waals surface area contributed by atoms with Crippen LogP contribution in [0.25, 0.3) is 0 Å². The van der Waals surface area contributed by atoms with Crippen LogP contribution in [0.15, 0.2) is 66.7 Å². The Kier molecular flexibility index (Phi) is 18.8. The van der Waals surface area contributed by atoms with Gasteiger partial charge in [-0.05, 0) is 53.6 Å². The fourth-order valence-corrected chi connectivity index (χ4v) is 7.87. The molecule has 1 saturated heterocycles. The molecule has 0 amide bonds. The molecule has 2 heterocycles. The molecule has 0 N–H and O–H groups in total. The molecule has 12 nitrogen and oxygen atoms in total. The molecule has 2 aliphatic heterocycles. The van der Waals surface area contributed by atoms with Crippen LogP contribution in [0.3, 0.4) is 0 Å². The topological polar surface area (TPSA) is 108 Å². The molecule has 2 aliphatic rings. The van der Waals surface area contributed by atoms with E-state index in [0.717, 1.165) is 90.3 Å². The number of halogens is 2. The summed E-state index contributed by atoms with van der Waals surface area (Å²) in [5.74, 6) is 2.53. The second-order valence-corrected chi connectivity index (χ2v) is 14.5. The molecule has 3 aromatic carbocycles. The van der Waals surface area contributed by atoms with Gasteiger partial charge in [-0.25, -0.2) is 9.59 Å². The van der Waals surface area contributed by atoms with Gasteiger partial charge in [0.25, 0.3) is 0 Å². The summed E-state index contributed by atoms with van der Waals surface area (Å²) >= 11 is 0. The van der Waals surface area contributed by atoms with Crippen LogP contribution in [0.4, 0.5) is 0 Å². The Balaban J connectivity index is 0.00000435. The van der Waals surface area contributed by atoms with Crippen LogP contribution in [0.5, 0.6) is 28.7 Å². The SMILES string of the molecule is COc1ccc(C[C@@H]2c3cc(OC)c(OC)cc3CC[N@@+]2(C)CCCOC(=O)/C=C\C(=O)OCCC[N+]2(Cc3ccc(OC)c(OC)c3)CCOCC2)cc1.[Cl-].[Cl-]. The Bertz CT molecular complexity index is 1770. The summed E-state index contributed by atoms with van der Waals surface area (Å²) in [6, 6.07) is 18.6. The second kappa shape index (κ2) is 22.7. The minimum absolute atomic E-state index is 0. The number of rotatable bonds is 19. The Morgan fingerprint density at radius 2 is 1.25 bits per heavy atom. The lowest BCUT2D eigenvalue weighted by Crippen LogP contribution is -3.00. The minimum Gasteiger partial charge on any atom is -1.00 e.